The van der Waals surface area contributed by atoms with E-state index in [1.165, 1.54) is 18.6 Å². The number of aromatic nitrogens is 2. The number of hydrogen-bond acceptors (Lipinski definition) is 7. The van der Waals surface area contributed by atoms with Crippen LogP contribution in [-0.4, -0.2) is 58.2 Å². The first-order valence-corrected chi connectivity index (χ1v) is 10.4. The van der Waals surface area contributed by atoms with Crippen LogP contribution in [0, 0.1) is 0 Å². The van der Waals surface area contributed by atoms with Crippen LogP contribution in [0.25, 0.3) is 0 Å². The maximum absolute atomic E-state index is 12.6. The molecule has 0 radical (unpaired) electrons. The number of carbonyl (C=O) groups excluding carboxylic acids is 2. The lowest BCUT2D eigenvalue weighted by molar-refractivity contribution is -0.162. The van der Waals surface area contributed by atoms with E-state index in [-0.39, 0.29) is 30.7 Å². The number of nitrogens with one attached hydrogen (secondary N) is 1. The SMILES string of the molecule is COc1ccc(CN2C(=O)COC(c3ccc(NC(=O)c4cnccn4)cc3)C2CO)cc1. The first-order valence-electron chi connectivity index (χ1n) is 10.4. The highest BCUT2D eigenvalue weighted by atomic mass is 16.5. The van der Waals surface area contributed by atoms with E-state index < -0.39 is 12.1 Å². The van der Waals surface area contributed by atoms with Gasteiger partial charge in [-0.05, 0) is 35.4 Å². The minimum Gasteiger partial charge on any atom is -0.497 e. The van der Waals surface area contributed by atoms with Gasteiger partial charge in [-0.15, -0.1) is 0 Å². The standard InChI is InChI=1S/C24H24N4O5/c1-32-19-8-2-16(3-9-19)13-28-21(14-29)23(33-15-22(28)30)17-4-6-18(7-5-17)27-24(31)20-12-25-10-11-26-20/h2-12,21,23,29H,13-15H2,1H3,(H,27,31). The van der Waals surface area contributed by atoms with E-state index in [9.17, 15) is 14.7 Å². The van der Waals surface area contributed by atoms with Crippen LogP contribution in [0.1, 0.15) is 27.7 Å². The summed E-state index contributed by atoms with van der Waals surface area (Å²) in [7, 11) is 1.60. The summed E-state index contributed by atoms with van der Waals surface area (Å²) >= 11 is 0. The Hall–Kier alpha value is -3.82. The number of morpholine rings is 1. The molecule has 2 atom stereocenters. The van der Waals surface area contributed by atoms with E-state index in [1.807, 2.05) is 24.3 Å². The third-order valence-corrected chi connectivity index (χ3v) is 5.45. The lowest BCUT2D eigenvalue weighted by Gasteiger charge is -2.40. The predicted molar refractivity (Wildman–Crippen MR) is 120 cm³/mol. The first-order chi connectivity index (χ1) is 16.1. The number of rotatable bonds is 7. The Morgan fingerprint density at radius 2 is 1.94 bits per heavy atom. The summed E-state index contributed by atoms with van der Waals surface area (Å²) in [4.78, 5) is 34.4. The molecule has 0 saturated carbocycles. The molecule has 0 bridgehead atoms. The number of aliphatic hydroxyl groups is 1. The topological polar surface area (TPSA) is 114 Å². The Balaban J connectivity index is 1.47. The van der Waals surface area contributed by atoms with Crippen LogP contribution in [0.3, 0.4) is 0 Å². The van der Waals surface area contributed by atoms with Crippen molar-refractivity contribution in [2.75, 3.05) is 25.6 Å². The monoisotopic (exact) mass is 448 g/mol. The van der Waals surface area contributed by atoms with Crippen molar-refractivity contribution in [2.24, 2.45) is 0 Å². The van der Waals surface area contributed by atoms with Gasteiger partial charge < -0.3 is 24.8 Å². The Morgan fingerprint density at radius 3 is 2.58 bits per heavy atom. The Bertz CT molecular complexity index is 1090. The normalized spacial score (nSPS) is 18.1. The van der Waals surface area contributed by atoms with Crippen LogP contribution < -0.4 is 10.1 Å². The van der Waals surface area contributed by atoms with Crippen molar-refractivity contribution in [2.45, 2.75) is 18.7 Å². The van der Waals surface area contributed by atoms with Gasteiger partial charge in [0.15, 0.2) is 0 Å². The van der Waals surface area contributed by atoms with Crippen molar-refractivity contribution in [1.29, 1.82) is 0 Å². The molecule has 0 spiro atoms. The molecule has 2 heterocycles. The number of carbonyl (C=O) groups is 2. The fraction of sp³-hybridized carbons (Fsp3) is 0.250. The predicted octanol–water partition coefficient (Wildman–Crippen LogP) is 2.20. The molecule has 1 fully saturated rings. The van der Waals surface area contributed by atoms with E-state index in [0.717, 1.165) is 16.9 Å². The van der Waals surface area contributed by atoms with Gasteiger partial charge in [-0.3, -0.25) is 14.6 Å². The molecule has 0 aliphatic carbocycles. The molecule has 1 aliphatic heterocycles. The highest BCUT2D eigenvalue weighted by Crippen LogP contribution is 2.31. The smallest absolute Gasteiger partial charge is 0.275 e. The number of hydrogen-bond donors (Lipinski definition) is 2. The van der Waals surface area contributed by atoms with Crippen molar-refractivity contribution < 1.29 is 24.2 Å². The lowest BCUT2D eigenvalue weighted by atomic mass is 9.98. The third kappa shape index (κ3) is 5.16. The lowest BCUT2D eigenvalue weighted by Crippen LogP contribution is -2.52. The van der Waals surface area contributed by atoms with Crippen molar-refractivity contribution >= 4 is 17.5 Å². The second-order valence-electron chi connectivity index (χ2n) is 7.52. The van der Waals surface area contributed by atoms with Gasteiger partial charge in [-0.1, -0.05) is 24.3 Å². The van der Waals surface area contributed by atoms with Crippen LogP contribution in [0.2, 0.25) is 0 Å². The van der Waals surface area contributed by atoms with Crippen molar-refractivity contribution in [1.82, 2.24) is 14.9 Å². The third-order valence-electron chi connectivity index (χ3n) is 5.45. The molecule has 2 aromatic carbocycles. The van der Waals surface area contributed by atoms with Gasteiger partial charge in [-0.2, -0.15) is 0 Å². The zero-order valence-electron chi connectivity index (χ0n) is 18.0. The van der Waals surface area contributed by atoms with Gasteiger partial charge in [0.2, 0.25) is 5.91 Å². The molecule has 1 saturated heterocycles. The molecule has 2 amide bonds. The number of benzene rings is 2. The van der Waals surface area contributed by atoms with Crippen molar-refractivity contribution in [3.8, 4) is 5.75 Å². The summed E-state index contributed by atoms with van der Waals surface area (Å²) in [5, 5.41) is 12.9. The highest BCUT2D eigenvalue weighted by molar-refractivity contribution is 6.02. The second kappa shape index (κ2) is 10.2. The zero-order valence-corrected chi connectivity index (χ0v) is 18.0. The Labute approximate surface area is 191 Å². The van der Waals surface area contributed by atoms with Gasteiger partial charge in [-0.25, -0.2) is 4.98 Å². The molecule has 1 aromatic heterocycles. The zero-order chi connectivity index (χ0) is 23.2. The second-order valence-corrected chi connectivity index (χ2v) is 7.52. The van der Waals surface area contributed by atoms with E-state index in [2.05, 4.69) is 15.3 Å². The average molecular weight is 448 g/mol. The number of anilines is 1. The first kappa shape index (κ1) is 22.4. The Morgan fingerprint density at radius 1 is 1.18 bits per heavy atom. The molecule has 2 N–H and O–H groups in total. The number of amides is 2. The van der Waals surface area contributed by atoms with E-state index in [1.54, 1.807) is 36.3 Å². The summed E-state index contributed by atoms with van der Waals surface area (Å²) in [6.45, 7) is 0.0143. The van der Waals surface area contributed by atoms with Crippen LogP contribution >= 0.6 is 0 Å². The number of ether oxygens (including phenoxy) is 2. The van der Waals surface area contributed by atoms with Gasteiger partial charge >= 0.3 is 0 Å². The molecule has 9 heteroatoms. The van der Waals surface area contributed by atoms with Crippen molar-refractivity contribution in [3.05, 3.63) is 83.9 Å². The van der Waals surface area contributed by atoms with Gasteiger partial charge in [0, 0.05) is 24.6 Å². The largest absolute Gasteiger partial charge is 0.497 e. The number of methoxy groups -OCH3 is 1. The molecule has 3 aromatic rings. The van der Waals surface area contributed by atoms with Crippen LogP contribution in [0.4, 0.5) is 5.69 Å². The molecule has 4 rings (SSSR count). The summed E-state index contributed by atoms with van der Waals surface area (Å²) in [6, 6.07) is 14.0. The summed E-state index contributed by atoms with van der Waals surface area (Å²) in [5.74, 6) is 0.179. The number of aliphatic hydroxyl groups excluding tert-OH is 1. The van der Waals surface area contributed by atoms with Crippen LogP contribution in [0.5, 0.6) is 5.75 Å². The van der Waals surface area contributed by atoms with Crippen LogP contribution in [0.15, 0.2) is 67.1 Å². The fourth-order valence-corrected chi connectivity index (χ4v) is 3.72. The summed E-state index contributed by atoms with van der Waals surface area (Å²) in [5.41, 5.74) is 2.51. The molecular weight excluding hydrogens is 424 g/mol. The molecule has 170 valence electrons. The quantitative estimate of drug-likeness (QED) is 0.570. The molecule has 33 heavy (non-hydrogen) atoms. The highest BCUT2D eigenvalue weighted by Gasteiger charge is 2.37. The van der Waals surface area contributed by atoms with E-state index in [0.29, 0.717) is 12.2 Å². The Kier molecular flexibility index (Phi) is 6.92. The molecule has 2 unspecified atom stereocenters. The summed E-state index contributed by atoms with van der Waals surface area (Å²) < 4.78 is 11.0. The van der Waals surface area contributed by atoms with E-state index in [4.69, 9.17) is 9.47 Å². The minimum absolute atomic E-state index is 0.0809. The van der Waals surface area contributed by atoms with Gasteiger partial charge in [0.05, 0.1) is 26.0 Å². The molecular formula is C24H24N4O5. The summed E-state index contributed by atoms with van der Waals surface area (Å²) in [6.07, 6.45) is 3.83. The van der Waals surface area contributed by atoms with Crippen LogP contribution in [-0.2, 0) is 16.1 Å². The average Bonchev–Trinajstić information content (AvgIpc) is 2.86. The fourth-order valence-electron chi connectivity index (χ4n) is 3.72. The maximum Gasteiger partial charge on any atom is 0.275 e. The van der Waals surface area contributed by atoms with E-state index >= 15 is 0 Å². The van der Waals surface area contributed by atoms with Gasteiger partial charge in [0.25, 0.3) is 5.91 Å². The van der Waals surface area contributed by atoms with Gasteiger partial charge in [0.1, 0.15) is 24.2 Å². The molecule has 1 aliphatic rings. The minimum atomic E-state index is -0.548. The molecule has 9 nitrogen and oxygen atoms in total. The maximum atomic E-state index is 12.6. The number of nitrogens with zero attached hydrogens (tertiary/aromatic N) is 3. The van der Waals surface area contributed by atoms with Crippen molar-refractivity contribution in [3.63, 3.8) is 0 Å².